The molecular formula is C13H7ClF3N3O3. The topological polar surface area (TPSA) is 76.3 Å². The van der Waals surface area contributed by atoms with Gasteiger partial charge < -0.3 is 0 Å². The lowest BCUT2D eigenvalue weighted by molar-refractivity contribution is -0.385. The van der Waals surface area contributed by atoms with Gasteiger partial charge in [0, 0.05) is 12.3 Å². The first-order valence-electron chi connectivity index (χ1n) is 5.98. The molecule has 0 atom stereocenters. The summed E-state index contributed by atoms with van der Waals surface area (Å²) >= 11 is 5.56. The number of rotatable bonds is 3. The SMILES string of the molecule is O=C(c1ccccc1[N+](=O)[O-])N(c1ccc(Cl)cn1)C(F)(F)F. The Morgan fingerprint density at radius 3 is 2.39 bits per heavy atom. The second kappa shape index (κ2) is 6.21. The quantitative estimate of drug-likeness (QED) is 0.481. The summed E-state index contributed by atoms with van der Waals surface area (Å²) < 4.78 is 39.7. The third kappa shape index (κ3) is 3.57. The summed E-state index contributed by atoms with van der Waals surface area (Å²) in [6.45, 7) is 0. The van der Waals surface area contributed by atoms with E-state index in [1.54, 1.807) is 0 Å². The van der Waals surface area contributed by atoms with Crippen molar-refractivity contribution in [2.75, 3.05) is 4.90 Å². The van der Waals surface area contributed by atoms with Crippen LogP contribution < -0.4 is 4.90 Å². The number of nitro benzene ring substituents is 1. The average Bonchev–Trinajstić information content (AvgIpc) is 2.48. The zero-order valence-electron chi connectivity index (χ0n) is 11.1. The monoisotopic (exact) mass is 345 g/mol. The molecule has 0 radical (unpaired) electrons. The molecule has 0 aliphatic carbocycles. The number of anilines is 1. The van der Waals surface area contributed by atoms with Crippen molar-refractivity contribution < 1.29 is 22.9 Å². The molecule has 0 aliphatic heterocycles. The van der Waals surface area contributed by atoms with Crippen LogP contribution in [0.4, 0.5) is 24.7 Å². The van der Waals surface area contributed by atoms with Crippen molar-refractivity contribution in [3.63, 3.8) is 0 Å². The van der Waals surface area contributed by atoms with E-state index in [1.807, 2.05) is 0 Å². The minimum absolute atomic E-state index is 0.0778. The highest BCUT2D eigenvalue weighted by molar-refractivity contribution is 6.30. The van der Waals surface area contributed by atoms with Crippen molar-refractivity contribution in [2.45, 2.75) is 6.30 Å². The molecule has 0 spiro atoms. The van der Waals surface area contributed by atoms with Gasteiger partial charge in [-0.1, -0.05) is 23.7 Å². The van der Waals surface area contributed by atoms with Crippen molar-refractivity contribution >= 4 is 29.0 Å². The maximum absolute atomic E-state index is 13.2. The first-order chi connectivity index (χ1) is 10.7. The van der Waals surface area contributed by atoms with Gasteiger partial charge in [-0.15, -0.1) is 13.2 Å². The van der Waals surface area contributed by atoms with Crippen LogP contribution in [-0.4, -0.2) is 22.1 Å². The van der Waals surface area contributed by atoms with Gasteiger partial charge in [0.15, 0.2) is 0 Å². The van der Waals surface area contributed by atoms with Crippen LogP contribution >= 0.6 is 11.6 Å². The van der Waals surface area contributed by atoms with Crippen LogP contribution in [-0.2, 0) is 0 Å². The molecule has 1 aromatic heterocycles. The number of halogens is 4. The normalized spacial score (nSPS) is 11.1. The molecule has 0 N–H and O–H groups in total. The van der Waals surface area contributed by atoms with Crippen molar-refractivity contribution in [1.29, 1.82) is 0 Å². The van der Waals surface area contributed by atoms with E-state index < -0.39 is 39.1 Å². The lowest BCUT2D eigenvalue weighted by atomic mass is 10.1. The summed E-state index contributed by atoms with van der Waals surface area (Å²) in [5.74, 6) is -2.36. The number of para-hydroxylation sites is 1. The van der Waals surface area contributed by atoms with Gasteiger partial charge in [-0.25, -0.2) is 9.88 Å². The van der Waals surface area contributed by atoms with Gasteiger partial charge in [0.25, 0.3) is 11.6 Å². The highest BCUT2D eigenvalue weighted by atomic mass is 35.5. The largest absolute Gasteiger partial charge is 0.493 e. The van der Waals surface area contributed by atoms with E-state index in [0.717, 1.165) is 30.5 Å². The number of amides is 1. The summed E-state index contributed by atoms with van der Waals surface area (Å²) in [4.78, 5) is 25.1. The van der Waals surface area contributed by atoms with E-state index in [1.165, 1.54) is 12.1 Å². The Kier molecular flexibility index (Phi) is 4.50. The summed E-state index contributed by atoms with van der Waals surface area (Å²) in [5, 5.41) is 11.0. The summed E-state index contributed by atoms with van der Waals surface area (Å²) in [5.41, 5.74) is -1.44. The van der Waals surface area contributed by atoms with Crippen LogP contribution in [0.5, 0.6) is 0 Å². The van der Waals surface area contributed by atoms with Crippen molar-refractivity contribution in [2.24, 2.45) is 0 Å². The van der Waals surface area contributed by atoms with E-state index in [-0.39, 0.29) is 5.02 Å². The predicted octanol–water partition coefficient (Wildman–Crippen LogP) is 3.81. The number of hydrogen-bond donors (Lipinski definition) is 0. The van der Waals surface area contributed by atoms with Crippen LogP contribution in [0.1, 0.15) is 10.4 Å². The molecule has 0 saturated heterocycles. The predicted molar refractivity (Wildman–Crippen MR) is 75.2 cm³/mol. The van der Waals surface area contributed by atoms with E-state index in [9.17, 15) is 28.1 Å². The molecule has 10 heteroatoms. The summed E-state index contributed by atoms with van der Waals surface area (Å²) in [7, 11) is 0. The number of nitrogens with zero attached hydrogens (tertiary/aromatic N) is 3. The molecule has 120 valence electrons. The van der Waals surface area contributed by atoms with Crippen LogP contribution in [0.2, 0.25) is 5.02 Å². The summed E-state index contributed by atoms with van der Waals surface area (Å²) in [6.07, 6.45) is -4.19. The number of carbonyl (C=O) groups is 1. The number of alkyl halides is 3. The second-order valence-corrected chi connectivity index (χ2v) is 4.65. The fraction of sp³-hybridized carbons (Fsp3) is 0.0769. The van der Waals surface area contributed by atoms with Crippen molar-refractivity contribution in [3.8, 4) is 0 Å². The molecule has 23 heavy (non-hydrogen) atoms. The first kappa shape index (κ1) is 16.7. The number of pyridine rings is 1. The number of carbonyl (C=O) groups excluding carboxylic acids is 1. The molecule has 0 saturated carbocycles. The third-order valence-corrected chi connectivity index (χ3v) is 2.95. The molecule has 0 fully saturated rings. The number of benzene rings is 1. The molecule has 0 unspecified atom stereocenters. The van der Waals surface area contributed by atoms with Crippen LogP contribution in [0.15, 0.2) is 42.6 Å². The van der Waals surface area contributed by atoms with Crippen molar-refractivity contribution in [3.05, 3.63) is 63.3 Å². The minimum atomic E-state index is -5.12. The third-order valence-electron chi connectivity index (χ3n) is 2.73. The lowest BCUT2D eigenvalue weighted by Crippen LogP contribution is -2.43. The van der Waals surface area contributed by atoms with Gasteiger partial charge in [0.2, 0.25) is 0 Å². The van der Waals surface area contributed by atoms with Gasteiger partial charge >= 0.3 is 6.30 Å². The minimum Gasteiger partial charge on any atom is -0.268 e. The maximum Gasteiger partial charge on any atom is 0.493 e. The fourth-order valence-corrected chi connectivity index (χ4v) is 1.90. The molecule has 1 aromatic carbocycles. The number of hydrogen-bond acceptors (Lipinski definition) is 4. The molecule has 2 aromatic rings. The highest BCUT2D eigenvalue weighted by Gasteiger charge is 2.45. The zero-order valence-corrected chi connectivity index (χ0v) is 11.9. The molecule has 0 bridgehead atoms. The molecular weight excluding hydrogens is 339 g/mol. The van der Waals surface area contributed by atoms with Crippen molar-refractivity contribution in [1.82, 2.24) is 4.98 Å². The molecule has 2 rings (SSSR count). The molecule has 6 nitrogen and oxygen atoms in total. The van der Waals surface area contributed by atoms with E-state index in [4.69, 9.17) is 11.6 Å². The Labute approximate surface area is 132 Å². The Hall–Kier alpha value is -2.68. The molecule has 0 aliphatic rings. The van der Waals surface area contributed by atoms with Gasteiger partial charge in [0.05, 0.1) is 9.95 Å². The first-order valence-corrected chi connectivity index (χ1v) is 6.36. The average molecular weight is 346 g/mol. The van der Waals surface area contributed by atoms with Gasteiger partial charge in [0.1, 0.15) is 11.4 Å². The van der Waals surface area contributed by atoms with Gasteiger partial charge in [-0.05, 0) is 18.2 Å². The number of nitro groups is 1. The van der Waals surface area contributed by atoms with E-state index in [0.29, 0.717) is 0 Å². The van der Waals surface area contributed by atoms with E-state index >= 15 is 0 Å². The summed E-state index contributed by atoms with van der Waals surface area (Å²) in [6, 6.07) is 6.36. The van der Waals surface area contributed by atoms with Crippen LogP contribution in [0.25, 0.3) is 0 Å². The molecule has 1 amide bonds. The Morgan fingerprint density at radius 2 is 1.87 bits per heavy atom. The lowest BCUT2D eigenvalue weighted by Gasteiger charge is -2.23. The highest BCUT2D eigenvalue weighted by Crippen LogP contribution is 2.31. The van der Waals surface area contributed by atoms with Crippen LogP contribution in [0.3, 0.4) is 0 Å². The second-order valence-electron chi connectivity index (χ2n) is 4.22. The number of aromatic nitrogens is 1. The van der Waals surface area contributed by atoms with Gasteiger partial charge in [-0.2, -0.15) is 0 Å². The van der Waals surface area contributed by atoms with Crippen LogP contribution in [0, 0.1) is 10.1 Å². The zero-order chi connectivity index (χ0) is 17.2. The van der Waals surface area contributed by atoms with E-state index in [2.05, 4.69) is 4.98 Å². The standard InChI is InChI=1S/C13H7ClF3N3O3/c14-8-5-6-11(18-7-8)19(13(15,16)17)12(21)9-3-1-2-4-10(9)20(22)23/h1-7H. The maximum atomic E-state index is 13.2. The Balaban J connectivity index is 2.55. The Bertz CT molecular complexity index is 750. The fourth-order valence-electron chi connectivity index (χ4n) is 1.78. The van der Waals surface area contributed by atoms with Gasteiger partial charge in [-0.3, -0.25) is 14.9 Å². The smallest absolute Gasteiger partial charge is 0.268 e. The Morgan fingerprint density at radius 1 is 1.22 bits per heavy atom. The molecule has 1 heterocycles.